The third-order valence-electron chi connectivity index (χ3n) is 13.4. The maximum absolute atomic E-state index is 13.1. The molecule has 0 radical (unpaired) electrons. The van der Waals surface area contributed by atoms with Gasteiger partial charge in [0.05, 0.1) is 0 Å². The molecule has 0 aromatic carbocycles. The van der Waals surface area contributed by atoms with Crippen LogP contribution in [0.4, 0.5) is 4.79 Å². The highest BCUT2D eigenvalue weighted by Crippen LogP contribution is 2.75. The number of aliphatic hydroxyl groups is 1. The topological polar surface area (TPSA) is 72.9 Å². The Bertz CT molecular complexity index is 1300. The van der Waals surface area contributed by atoms with Crippen LogP contribution in [0.5, 0.6) is 0 Å². The summed E-state index contributed by atoms with van der Waals surface area (Å²) in [5.74, 6) is 0.201. The van der Waals surface area contributed by atoms with Gasteiger partial charge >= 0.3 is 6.03 Å². The van der Waals surface area contributed by atoms with Gasteiger partial charge in [0.15, 0.2) is 5.76 Å². The average Bonchev–Trinajstić information content (AvgIpc) is 2.94. The van der Waals surface area contributed by atoms with Gasteiger partial charge in [0.2, 0.25) is 5.78 Å². The van der Waals surface area contributed by atoms with Gasteiger partial charge < -0.3 is 20.2 Å². The van der Waals surface area contributed by atoms with E-state index in [2.05, 4.69) is 64.0 Å². The van der Waals surface area contributed by atoms with Crippen molar-refractivity contribution in [1.29, 1.82) is 0 Å². The normalized spacial score (nSPS) is 42.7. The maximum Gasteiger partial charge on any atom is 0.317 e. The number of piperazine rings is 1. The largest absolute Gasteiger partial charge is 0.504 e. The van der Waals surface area contributed by atoms with Crippen LogP contribution in [0.15, 0.2) is 46.3 Å². The van der Waals surface area contributed by atoms with Crippen molar-refractivity contribution >= 4 is 11.8 Å². The maximum atomic E-state index is 13.1. The number of allylic oxidation sites excluding steroid dienone is 7. The number of hydrogen-bond acceptors (Lipinski definition) is 4. The predicted molar refractivity (Wildman–Crippen MR) is 163 cm³/mol. The van der Waals surface area contributed by atoms with Crippen molar-refractivity contribution in [3.63, 3.8) is 0 Å². The third-order valence-corrected chi connectivity index (χ3v) is 13.4. The molecule has 0 aromatic heterocycles. The molecular formula is C35H51N3O3. The smallest absolute Gasteiger partial charge is 0.317 e. The van der Waals surface area contributed by atoms with Gasteiger partial charge in [-0.3, -0.25) is 4.79 Å². The monoisotopic (exact) mass is 561 g/mol. The molecular weight excluding hydrogens is 510 g/mol. The number of amides is 2. The molecule has 41 heavy (non-hydrogen) atoms. The van der Waals surface area contributed by atoms with Crippen LogP contribution in [0.3, 0.4) is 0 Å². The number of urea groups is 1. The summed E-state index contributed by atoms with van der Waals surface area (Å²) in [4.78, 5) is 30.1. The van der Waals surface area contributed by atoms with E-state index in [1.165, 1.54) is 24.8 Å². The summed E-state index contributed by atoms with van der Waals surface area (Å²) in [5.41, 5.74) is 4.67. The van der Waals surface area contributed by atoms with Gasteiger partial charge in [-0.05, 0) is 104 Å². The van der Waals surface area contributed by atoms with E-state index in [1.807, 2.05) is 11.8 Å². The lowest BCUT2D eigenvalue weighted by Gasteiger charge is -2.70. The first-order chi connectivity index (χ1) is 19.2. The summed E-state index contributed by atoms with van der Waals surface area (Å²) in [7, 11) is 2.12. The Morgan fingerprint density at radius 2 is 1.66 bits per heavy atom. The predicted octanol–water partition coefficient (Wildman–Crippen LogP) is 6.57. The van der Waals surface area contributed by atoms with E-state index in [0.717, 1.165) is 69.6 Å². The molecule has 6 nitrogen and oxygen atoms in total. The molecule has 6 aliphatic rings. The van der Waals surface area contributed by atoms with E-state index in [1.54, 1.807) is 6.08 Å². The van der Waals surface area contributed by atoms with Crippen LogP contribution in [-0.4, -0.2) is 66.5 Å². The van der Waals surface area contributed by atoms with Gasteiger partial charge in [-0.2, -0.15) is 0 Å². The minimum Gasteiger partial charge on any atom is -0.504 e. The molecule has 6 atom stereocenters. The molecule has 3 saturated carbocycles. The lowest BCUT2D eigenvalue weighted by molar-refractivity contribution is -0.160. The van der Waals surface area contributed by atoms with Crippen molar-refractivity contribution in [2.24, 2.45) is 33.0 Å². The summed E-state index contributed by atoms with van der Waals surface area (Å²) in [6.45, 7) is 18.5. The number of carbonyl (C=O) groups is 2. The fraction of sp³-hybridized carbons (Fsp3) is 0.714. The lowest BCUT2D eigenvalue weighted by Crippen LogP contribution is -2.62. The molecule has 1 saturated heterocycles. The first-order valence-corrected chi connectivity index (χ1v) is 16.0. The van der Waals surface area contributed by atoms with E-state index in [0.29, 0.717) is 16.9 Å². The minimum absolute atomic E-state index is 0.0224. The minimum atomic E-state index is -0.256. The zero-order valence-electron chi connectivity index (χ0n) is 26.5. The van der Waals surface area contributed by atoms with Crippen LogP contribution in [0.2, 0.25) is 0 Å². The number of nitrogens with one attached hydrogen (secondary N) is 1. The van der Waals surface area contributed by atoms with E-state index in [4.69, 9.17) is 0 Å². The Balaban J connectivity index is 1.28. The summed E-state index contributed by atoms with van der Waals surface area (Å²) < 4.78 is 0. The molecule has 6 heteroatoms. The van der Waals surface area contributed by atoms with Crippen LogP contribution in [0, 0.1) is 33.0 Å². The second kappa shape index (κ2) is 9.33. The third kappa shape index (κ3) is 4.13. The van der Waals surface area contributed by atoms with Crippen LogP contribution < -0.4 is 5.32 Å². The highest BCUT2D eigenvalue weighted by molar-refractivity contribution is 6.06. The molecule has 2 N–H and O–H groups in total. The molecule has 6 rings (SSSR count). The second-order valence-electron chi connectivity index (χ2n) is 15.8. The lowest BCUT2D eigenvalue weighted by atomic mass is 9.34. The van der Waals surface area contributed by atoms with Crippen LogP contribution >= 0.6 is 0 Å². The van der Waals surface area contributed by atoms with Crippen LogP contribution in [-0.2, 0) is 4.79 Å². The Labute approximate surface area is 247 Å². The van der Waals surface area contributed by atoms with Crippen molar-refractivity contribution in [2.75, 3.05) is 39.8 Å². The molecule has 2 amide bonds. The molecule has 4 fully saturated rings. The zero-order valence-corrected chi connectivity index (χ0v) is 26.5. The number of rotatable bonds is 2. The molecule has 224 valence electrons. The summed E-state index contributed by atoms with van der Waals surface area (Å²) in [6, 6.07) is 0.0985. The number of carbonyl (C=O) groups excluding carboxylic acids is 2. The Kier molecular flexibility index (Phi) is 6.54. The fourth-order valence-electron chi connectivity index (χ4n) is 10.1. The van der Waals surface area contributed by atoms with Gasteiger partial charge in [-0.1, -0.05) is 52.3 Å². The van der Waals surface area contributed by atoms with Crippen LogP contribution in [0.1, 0.15) is 86.5 Å². The number of aliphatic hydroxyl groups excluding tert-OH is 1. The first kappa shape index (κ1) is 28.8. The average molecular weight is 562 g/mol. The molecule has 0 bridgehead atoms. The standard InChI is InChI=1S/C35H51N3O3/c1-23-24-8-9-27-33(4,25(24)20-26(39)29(23)40)13-15-35(6)28-21-31(2,10-11-32(28,3)12-14-34(27,35)5)22-36-30(41)38-18-16-37(7)17-19-38/h8-9,20,28,40H,10-19,21-22H2,1-7H3,(H,36,41)/t28-,31-,32-,33+,34-,35+/m1/s1. The number of ketones is 1. The van der Waals surface area contributed by atoms with E-state index < -0.39 is 0 Å². The number of nitrogens with zero attached hydrogens (tertiary/aromatic N) is 2. The van der Waals surface area contributed by atoms with Gasteiger partial charge in [0, 0.05) is 43.7 Å². The van der Waals surface area contributed by atoms with Gasteiger partial charge in [0.25, 0.3) is 0 Å². The quantitative estimate of drug-likeness (QED) is 0.400. The first-order valence-electron chi connectivity index (χ1n) is 16.0. The molecule has 1 heterocycles. The van der Waals surface area contributed by atoms with E-state index in [9.17, 15) is 14.7 Å². The van der Waals surface area contributed by atoms with Gasteiger partial charge in [-0.25, -0.2) is 4.79 Å². The number of fused-ring (bicyclic) bond motifs is 7. The molecule has 5 aliphatic carbocycles. The number of hydrogen-bond donors (Lipinski definition) is 2. The van der Waals surface area contributed by atoms with Crippen molar-refractivity contribution in [3.05, 3.63) is 46.3 Å². The fourth-order valence-corrected chi connectivity index (χ4v) is 10.1. The van der Waals surface area contributed by atoms with E-state index >= 15 is 0 Å². The Morgan fingerprint density at radius 3 is 2.37 bits per heavy atom. The molecule has 0 unspecified atom stereocenters. The SMILES string of the molecule is CC1=C(O)C(=O)C=C2C1=CC=C1[C@@]2(C)CC[C@@]2(C)[C@@H]3C[C@](C)(CNC(=O)N4CCN(C)CC4)CC[C@]3(C)CC[C@]12C. The summed E-state index contributed by atoms with van der Waals surface area (Å²) in [6.07, 6.45) is 14.3. The van der Waals surface area contributed by atoms with Crippen LogP contribution in [0.25, 0.3) is 0 Å². The molecule has 1 aliphatic heterocycles. The second-order valence-corrected chi connectivity index (χ2v) is 15.8. The highest BCUT2D eigenvalue weighted by Gasteiger charge is 2.66. The van der Waals surface area contributed by atoms with Crippen molar-refractivity contribution < 1.29 is 14.7 Å². The number of likely N-dealkylation sites (N-methyl/N-ethyl adjacent to an activating group) is 1. The Hall–Kier alpha value is -2.34. The van der Waals surface area contributed by atoms with Crippen molar-refractivity contribution in [1.82, 2.24) is 15.1 Å². The molecule has 0 aromatic rings. The van der Waals surface area contributed by atoms with Gasteiger partial charge in [0.1, 0.15) is 0 Å². The summed E-state index contributed by atoms with van der Waals surface area (Å²) in [5, 5.41) is 13.8. The summed E-state index contributed by atoms with van der Waals surface area (Å²) >= 11 is 0. The van der Waals surface area contributed by atoms with E-state index in [-0.39, 0.29) is 39.2 Å². The van der Waals surface area contributed by atoms with Crippen molar-refractivity contribution in [2.45, 2.75) is 86.5 Å². The van der Waals surface area contributed by atoms with Gasteiger partial charge in [-0.15, -0.1) is 0 Å². The molecule has 0 spiro atoms. The van der Waals surface area contributed by atoms with Crippen molar-refractivity contribution in [3.8, 4) is 0 Å². The zero-order chi connectivity index (χ0) is 29.6. The Morgan fingerprint density at radius 1 is 0.976 bits per heavy atom. The highest BCUT2D eigenvalue weighted by atomic mass is 16.3.